The Kier molecular flexibility index (Phi) is 2.23. The van der Waals surface area contributed by atoms with Crippen LogP contribution in [0.2, 0.25) is 0 Å². The van der Waals surface area contributed by atoms with Crippen molar-refractivity contribution in [1.82, 2.24) is 0 Å². The first-order chi connectivity index (χ1) is 3.06. The minimum Gasteiger partial charge on any atom is -0.222 e. The molecule has 0 rings (SSSR count). The number of halogens is 3. The molecule has 0 N–H and O–H groups in total. The van der Waals surface area contributed by atoms with Gasteiger partial charge in [-0.05, 0) is 13.0 Å². The van der Waals surface area contributed by atoms with Crippen LogP contribution < -0.4 is 0 Å². The molecule has 1 atom stereocenters. The van der Waals surface area contributed by atoms with Crippen LogP contribution in [0.5, 0.6) is 0 Å². The highest BCUT2D eigenvalue weighted by molar-refractivity contribution is 6.23. The number of rotatable bonds is 1. The van der Waals surface area contributed by atoms with Crippen molar-refractivity contribution in [3.8, 4) is 0 Å². The molecule has 0 aliphatic heterocycles. The Morgan fingerprint density at radius 1 is 1.71 bits per heavy atom. The molecule has 0 saturated carbocycles. The average molecular weight is 127 g/mol. The average Bonchev–Trinajstić information content (AvgIpc) is 1.30. The molecule has 7 heavy (non-hydrogen) atoms. The smallest absolute Gasteiger partial charge is 0.201 e. The molecule has 0 aliphatic rings. The van der Waals surface area contributed by atoms with Gasteiger partial charge in [0, 0.05) is 0 Å². The van der Waals surface area contributed by atoms with Crippen molar-refractivity contribution >= 4 is 11.6 Å². The summed E-state index contributed by atoms with van der Waals surface area (Å²) in [5, 5.41) is -2.03. The lowest BCUT2D eigenvalue weighted by atomic mass is 10.4. The third-order valence-corrected chi connectivity index (χ3v) is 0.482. The van der Waals surface area contributed by atoms with E-state index in [1.165, 1.54) is 0 Å². The SMILES string of the molecule is CC(F)(Cl)/C=C/F. The van der Waals surface area contributed by atoms with Crippen molar-refractivity contribution in [2.24, 2.45) is 0 Å². The predicted octanol–water partition coefficient (Wildman–Crippen LogP) is 2.39. The van der Waals surface area contributed by atoms with Crippen LogP contribution in [0.25, 0.3) is 0 Å². The molecule has 42 valence electrons. The van der Waals surface area contributed by atoms with Gasteiger partial charge >= 0.3 is 0 Å². The van der Waals surface area contributed by atoms with E-state index < -0.39 is 5.13 Å². The highest BCUT2D eigenvalue weighted by atomic mass is 35.5. The van der Waals surface area contributed by atoms with Gasteiger partial charge in [0.15, 0.2) is 0 Å². The van der Waals surface area contributed by atoms with Gasteiger partial charge in [-0.15, -0.1) is 0 Å². The van der Waals surface area contributed by atoms with Crippen molar-refractivity contribution in [2.45, 2.75) is 12.1 Å². The maximum atomic E-state index is 11.8. The van der Waals surface area contributed by atoms with E-state index in [1.807, 2.05) is 0 Å². The number of alkyl halides is 2. The summed E-state index contributed by atoms with van der Waals surface area (Å²) in [6, 6.07) is 0. The fourth-order valence-corrected chi connectivity index (χ4v) is 0.158. The fourth-order valence-electron chi connectivity index (χ4n) is 0.111. The molecule has 0 aromatic carbocycles. The molecule has 0 aromatic rings. The maximum absolute atomic E-state index is 11.8. The molecule has 0 saturated heterocycles. The highest BCUT2D eigenvalue weighted by Gasteiger charge is 2.11. The van der Waals surface area contributed by atoms with E-state index in [-0.39, 0.29) is 6.33 Å². The summed E-state index contributed by atoms with van der Waals surface area (Å²) in [5.74, 6) is 0. The first-order valence-corrected chi connectivity index (χ1v) is 2.10. The van der Waals surface area contributed by atoms with Gasteiger partial charge in [-0.1, -0.05) is 11.6 Å². The molecule has 0 aromatic heterocycles. The monoisotopic (exact) mass is 126 g/mol. The molecular formula is C4H5ClF2. The lowest BCUT2D eigenvalue weighted by Crippen LogP contribution is -1.99. The number of hydrogen-bond donors (Lipinski definition) is 0. The Bertz CT molecular complexity index is 72.2. The quantitative estimate of drug-likeness (QED) is 0.474. The summed E-state index contributed by atoms with van der Waals surface area (Å²) in [5.41, 5.74) is 0. The van der Waals surface area contributed by atoms with Crippen molar-refractivity contribution in [3.05, 3.63) is 12.4 Å². The van der Waals surface area contributed by atoms with E-state index in [4.69, 9.17) is 11.6 Å². The molecule has 0 bridgehead atoms. The summed E-state index contributed by atoms with van der Waals surface area (Å²) in [4.78, 5) is 0. The second-order valence-corrected chi connectivity index (χ2v) is 1.99. The maximum Gasteiger partial charge on any atom is 0.201 e. The molecule has 0 amide bonds. The molecule has 0 spiro atoms. The largest absolute Gasteiger partial charge is 0.222 e. The van der Waals surface area contributed by atoms with Crippen LogP contribution in [0.15, 0.2) is 12.4 Å². The van der Waals surface area contributed by atoms with E-state index in [0.717, 1.165) is 6.92 Å². The van der Waals surface area contributed by atoms with Gasteiger partial charge in [0.05, 0.1) is 6.33 Å². The molecule has 3 heteroatoms. The lowest BCUT2D eigenvalue weighted by Gasteiger charge is -1.99. The van der Waals surface area contributed by atoms with Crippen LogP contribution in [0, 0.1) is 0 Å². The van der Waals surface area contributed by atoms with Crippen LogP contribution in [0.3, 0.4) is 0 Å². The molecule has 0 aliphatic carbocycles. The Balaban J connectivity index is 3.56. The Hall–Kier alpha value is -0.110. The lowest BCUT2D eigenvalue weighted by molar-refractivity contribution is 0.373. The normalized spacial score (nSPS) is 20.0. The zero-order chi connectivity index (χ0) is 5.91. The minimum atomic E-state index is -2.03. The molecule has 0 fully saturated rings. The van der Waals surface area contributed by atoms with E-state index in [1.54, 1.807) is 0 Å². The van der Waals surface area contributed by atoms with Crippen molar-refractivity contribution in [2.75, 3.05) is 0 Å². The van der Waals surface area contributed by atoms with Gasteiger partial charge < -0.3 is 0 Å². The molecule has 0 nitrogen and oxygen atoms in total. The number of allylic oxidation sites excluding steroid dienone is 1. The molecule has 1 unspecified atom stereocenters. The van der Waals surface area contributed by atoms with E-state index >= 15 is 0 Å². The highest BCUT2D eigenvalue weighted by Crippen LogP contribution is 2.16. The molecule has 0 radical (unpaired) electrons. The van der Waals surface area contributed by atoms with Crippen molar-refractivity contribution in [3.63, 3.8) is 0 Å². The zero-order valence-electron chi connectivity index (χ0n) is 3.79. The summed E-state index contributed by atoms with van der Waals surface area (Å²) in [6.07, 6.45) is 0.696. The van der Waals surface area contributed by atoms with E-state index in [9.17, 15) is 8.78 Å². The van der Waals surface area contributed by atoms with Gasteiger partial charge in [0.25, 0.3) is 0 Å². The van der Waals surface area contributed by atoms with Gasteiger partial charge in [-0.3, -0.25) is 0 Å². The summed E-state index contributed by atoms with van der Waals surface area (Å²) in [7, 11) is 0. The van der Waals surface area contributed by atoms with E-state index in [0.29, 0.717) is 6.08 Å². The van der Waals surface area contributed by atoms with Crippen molar-refractivity contribution < 1.29 is 8.78 Å². The van der Waals surface area contributed by atoms with Gasteiger partial charge in [0.2, 0.25) is 5.13 Å². The standard InChI is InChI=1S/C4H5ClF2/c1-4(5,7)2-3-6/h2-3H,1H3/b3-2+. The minimum absolute atomic E-state index is 0.0764. The Morgan fingerprint density at radius 3 is 2.14 bits per heavy atom. The van der Waals surface area contributed by atoms with Crippen LogP contribution in [0.1, 0.15) is 6.92 Å². The second-order valence-electron chi connectivity index (χ2n) is 1.25. The molecule has 0 heterocycles. The predicted molar refractivity (Wildman–Crippen MR) is 25.6 cm³/mol. The van der Waals surface area contributed by atoms with Crippen LogP contribution in [-0.2, 0) is 0 Å². The van der Waals surface area contributed by atoms with Crippen LogP contribution in [0.4, 0.5) is 8.78 Å². The third-order valence-electron chi connectivity index (χ3n) is 0.356. The van der Waals surface area contributed by atoms with Gasteiger partial charge in [0.1, 0.15) is 0 Å². The topological polar surface area (TPSA) is 0 Å². The first-order valence-electron chi connectivity index (χ1n) is 1.72. The third kappa shape index (κ3) is 5.89. The van der Waals surface area contributed by atoms with Crippen LogP contribution in [-0.4, -0.2) is 5.13 Å². The number of hydrogen-bond acceptors (Lipinski definition) is 0. The van der Waals surface area contributed by atoms with E-state index in [2.05, 4.69) is 0 Å². The second kappa shape index (κ2) is 2.26. The van der Waals surface area contributed by atoms with Crippen LogP contribution >= 0.6 is 11.6 Å². The summed E-state index contributed by atoms with van der Waals surface area (Å²) >= 11 is 4.84. The van der Waals surface area contributed by atoms with Crippen molar-refractivity contribution in [1.29, 1.82) is 0 Å². The zero-order valence-corrected chi connectivity index (χ0v) is 4.54. The summed E-state index contributed by atoms with van der Waals surface area (Å²) in [6.45, 7) is 1.05. The Labute approximate surface area is 45.8 Å². The summed E-state index contributed by atoms with van der Waals surface area (Å²) < 4.78 is 22.8. The molecular weight excluding hydrogens is 121 g/mol. The van der Waals surface area contributed by atoms with Gasteiger partial charge in [-0.2, -0.15) is 0 Å². The Morgan fingerprint density at radius 2 is 2.14 bits per heavy atom. The first kappa shape index (κ1) is 6.89. The fraction of sp³-hybridized carbons (Fsp3) is 0.500. The van der Waals surface area contributed by atoms with Gasteiger partial charge in [-0.25, -0.2) is 8.78 Å².